The lowest BCUT2D eigenvalue weighted by Crippen LogP contribution is -2.60. The zero-order valence-electron chi connectivity index (χ0n) is 35.0. The van der Waals surface area contributed by atoms with E-state index < -0.39 is 29.9 Å². The number of aliphatic hydroxyl groups is 1. The van der Waals surface area contributed by atoms with Crippen molar-refractivity contribution in [3.8, 4) is 5.75 Å². The minimum atomic E-state index is -4.67. The first-order valence-corrected chi connectivity index (χ1v) is 22.4. The van der Waals surface area contributed by atoms with E-state index in [1.807, 2.05) is 56.4 Å². The molecule has 2 aliphatic heterocycles. The molecule has 15 heteroatoms. The van der Waals surface area contributed by atoms with Crippen LogP contribution in [0.2, 0.25) is 5.02 Å². The number of aliphatic hydroxyl groups excluding tert-OH is 1. The zero-order valence-corrected chi connectivity index (χ0v) is 36.6. The fraction of sp³-hybridized carbons (Fsp3) is 0.500. The summed E-state index contributed by atoms with van der Waals surface area (Å²) in [5, 5.41) is 32.6. The molecule has 10 nitrogen and oxygen atoms in total. The molecule has 2 saturated carbocycles. The molecular weight excluding hydrogens is 827 g/mol. The van der Waals surface area contributed by atoms with Gasteiger partial charge in [-0.05, 0) is 120 Å². The van der Waals surface area contributed by atoms with Crippen molar-refractivity contribution in [3.05, 3.63) is 101 Å². The number of fused-ring (bicyclic) bond motifs is 2. The maximum absolute atomic E-state index is 13.7. The van der Waals surface area contributed by atoms with E-state index in [1.165, 1.54) is 37.1 Å². The van der Waals surface area contributed by atoms with E-state index in [1.54, 1.807) is 36.9 Å². The third-order valence-electron chi connectivity index (χ3n) is 11.9. The number of carbonyl (C=O) groups excluding carboxylic acids is 3. The molecule has 3 aromatic rings. The minimum absolute atomic E-state index is 0.0124. The Bertz CT molecular complexity index is 2060. The lowest BCUT2D eigenvalue weighted by Gasteiger charge is -2.47. The number of anilines is 1. The molecule has 0 radical (unpaired) electrons. The molecular formula is C46H57ClF3N5O5S. The summed E-state index contributed by atoms with van der Waals surface area (Å²) in [5.74, 6) is 1.42. The van der Waals surface area contributed by atoms with Crippen LogP contribution >= 0.6 is 23.4 Å². The summed E-state index contributed by atoms with van der Waals surface area (Å²) in [6, 6.07) is 17.1. The van der Waals surface area contributed by atoms with Crippen LogP contribution in [0.25, 0.3) is 0 Å². The first-order chi connectivity index (χ1) is 28.8. The van der Waals surface area contributed by atoms with E-state index >= 15 is 0 Å². The third-order valence-corrected chi connectivity index (χ3v) is 13.2. The molecule has 2 aliphatic carbocycles. The molecule has 6 atom stereocenters. The number of hydrogen-bond acceptors (Lipinski definition) is 7. The number of amides is 4. The minimum Gasteiger partial charge on any atom is -0.508 e. The number of likely N-dealkylation sites (tertiary alicyclic amines) is 1. The number of phenols is 1. The maximum Gasteiger partial charge on any atom is 0.419 e. The van der Waals surface area contributed by atoms with Crippen LogP contribution < -0.4 is 21.3 Å². The fourth-order valence-electron chi connectivity index (χ4n) is 8.43. The van der Waals surface area contributed by atoms with Gasteiger partial charge in [-0.15, -0.1) is 11.8 Å². The monoisotopic (exact) mass is 883 g/mol. The number of benzene rings is 3. The summed E-state index contributed by atoms with van der Waals surface area (Å²) in [6.07, 6.45) is 4.31. The number of alkyl halides is 3. The number of allylic oxidation sites excluding steroid dienone is 1. The van der Waals surface area contributed by atoms with Crippen molar-refractivity contribution < 1.29 is 37.8 Å². The first-order valence-electron chi connectivity index (χ1n) is 21.0. The molecule has 1 saturated heterocycles. The van der Waals surface area contributed by atoms with Gasteiger partial charge in [-0.3, -0.25) is 14.5 Å². The van der Waals surface area contributed by atoms with Gasteiger partial charge in [-0.2, -0.15) is 13.2 Å². The molecule has 0 spiro atoms. The summed E-state index contributed by atoms with van der Waals surface area (Å²) in [5.41, 5.74) is -1.99. The number of thioether (sulfide) groups is 1. The van der Waals surface area contributed by atoms with Crippen LogP contribution in [0.3, 0.4) is 0 Å². The van der Waals surface area contributed by atoms with E-state index in [4.69, 9.17) is 11.6 Å². The van der Waals surface area contributed by atoms with Crippen molar-refractivity contribution >= 4 is 46.9 Å². The van der Waals surface area contributed by atoms with E-state index in [9.17, 15) is 37.8 Å². The highest BCUT2D eigenvalue weighted by Crippen LogP contribution is 2.47. The van der Waals surface area contributed by atoms with Crippen LogP contribution in [0.4, 0.5) is 23.7 Å². The molecule has 7 rings (SSSR count). The maximum atomic E-state index is 13.7. The highest BCUT2D eigenvalue weighted by Gasteiger charge is 2.58. The number of piperidine rings is 1. The SMILES string of the molecule is Cc1c(O)cccc1C(=O)N[C@@H](CSc1ccccc1)[C@H](O)CN1C[C@H]2CCCC[C@H]2C[C@H]1C(=O)NC(C)(C)C.O=C1Nc2ccc(Cl)cc2[C@@](/C=C/C2CC2)(C(F)(F)F)N1. The Hall–Kier alpha value is -4.24. The summed E-state index contributed by atoms with van der Waals surface area (Å²) < 4.78 is 41.1. The van der Waals surface area contributed by atoms with Gasteiger partial charge in [-0.1, -0.05) is 61.2 Å². The van der Waals surface area contributed by atoms with Crippen molar-refractivity contribution in [1.82, 2.24) is 20.9 Å². The van der Waals surface area contributed by atoms with Gasteiger partial charge in [0, 0.05) is 56.7 Å². The average Bonchev–Trinajstić information content (AvgIpc) is 4.04. The Labute approximate surface area is 365 Å². The van der Waals surface area contributed by atoms with Gasteiger partial charge in [0.2, 0.25) is 5.91 Å². The number of rotatable bonds is 11. The van der Waals surface area contributed by atoms with Gasteiger partial charge in [0.25, 0.3) is 5.91 Å². The van der Waals surface area contributed by atoms with Crippen molar-refractivity contribution in [2.75, 3.05) is 24.2 Å². The Balaban J connectivity index is 0.000000247. The number of nitrogens with one attached hydrogen (secondary N) is 4. The topological polar surface area (TPSA) is 143 Å². The van der Waals surface area contributed by atoms with Crippen LogP contribution in [-0.4, -0.2) is 81.7 Å². The van der Waals surface area contributed by atoms with Gasteiger partial charge in [0.15, 0.2) is 5.54 Å². The second kappa shape index (κ2) is 19.4. The van der Waals surface area contributed by atoms with Gasteiger partial charge in [0.05, 0.1) is 18.2 Å². The number of phenolic OH excluding ortho intramolecular Hbond substituents is 1. The molecule has 6 N–H and O–H groups in total. The number of β-amino-alcohol motifs (C(OH)–C–C–N with tert-alkyl or cyclic N) is 1. The normalized spacial score (nSPS) is 23.9. The molecule has 0 unspecified atom stereocenters. The standard InChI is InChI=1S/C32H45N3O4S.C14H12ClF3N2O/c1-21-25(15-10-16-28(21)36)30(38)33-26(20-40-24-13-6-5-7-14-24)29(37)19-35-18-23-12-9-8-11-22(23)17-27(35)31(39)34-32(2,3)4;15-9-3-4-11-10(7-9)13(14(16,17)18,20-12(21)19-11)6-5-8-1-2-8/h5-7,10,13-16,22-23,26-27,29,36-37H,8-9,11-12,17-20H2,1-4H3,(H,33,38)(H,34,39);3-8H,1-2H2,(H2,19,20,21)/b;6-5+/t22-,23+,26-,27-,29+;13-/m00/s1. The molecule has 4 aliphatic rings. The van der Waals surface area contributed by atoms with Crippen molar-refractivity contribution in [2.24, 2.45) is 17.8 Å². The zero-order chi connectivity index (χ0) is 44.1. The number of carbonyl (C=O) groups is 3. The number of urea groups is 1. The van der Waals surface area contributed by atoms with Crippen molar-refractivity contribution in [3.63, 3.8) is 0 Å². The molecule has 0 bridgehead atoms. The van der Waals surface area contributed by atoms with E-state index in [0.717, 1.165) is 49.6 Å². The van der Waals surface area contributed by atoms with Crippen LogP contribution in [-0.2, 0) is 10.3 Å². The number of hydrogen-bond donors (Lipinski definition) is 6. The van der Waals surface area contributed by atoms with Crippen molar-refractivity contribution in [1.29, 1.82) is 0 Å². The summed E-state index contributed by atoms with van der Waals surface area (Å²) >= 11 is 7.41. The first kappa shape index (κ1) is 46.3. The summed E-state index contributed by atoms with van der Waals surface area (Å²) in [6.45, 7) is 8.76. The van der Waals surface area contributed by atoms with Gasteiger partial charge in [-0.25, -0.2) is 4.79 Å². The molecule has 330 valence electrons. The molecule has 61 heavy (non-hydrogen) atoms. The predicted octanol–water partition coefficient (Wildman–Crippen LogP) is 8.95. The molecule has 2 heterocycles. The molecule has 4 amide bonds. The number of halogens is 4. The van der Waals surface area contributed by atoms with Crippen LogP contribution in [0.5, 0.6) is 5.75 Å². The van der Waals surface area contributed by atoms with Gasteiger partial charge >= 0.3 is 12.2 Å². The Kier molecular flexibility index (Phi) is 14.7. The Morgan fingerprint density at radius 2 is 1.72 bits per heavy atom. The second-order valence-electron chi connectivity index (χ2n) is 17.7. The fourth-order valence-corrected chi connectivity index (χ4v) is 9.63. The van der Waals surface area contributed by atoms with Crippen molar-refractivity contribution in [2.45, 2.75) is 113 Å². The summed E-state index contributed by atoms with van der Waals surface area (Å²) in [7, 11) is 0. The lowest BCUT2D eigenvalue weighted by atomic mass is 9.72. The predicted molar refractivity (Wildman–Crippen MR) is 234 cm³/mol. The quantitative estimate of drug-likeness (QED) is 0.0834. The lowest BCUT2D eigenvalue weighted by molar-refractivity contribution is -0.181. The molecule has 0 aromatic heterocycles. The second-order valence-corrected chi connectivity index (χ2v) is 19.3. The van der Waals surface area contributed by atoms with Crippen LogP contribution in [0.15, 0.2) is 83.8 Å². The Morgan fingerprint density at radius 3 is 2.39 bits per heavy atom. The largest absolute Gasteiger partial charge is 0.508 e. The highest BCUT2D eigenvalue weighted by atomic mass is 35.5. The van der Waals surface area contributed by atoms with E-state index in [-0.39, 0.29) is 51.3 Å². The summed E-state index contributed by atoms with van der Waals surface area (Å²) in [4.78, 5) is 41.6. The van der Waals surface area contributed by atoms with E-state index in [2.05, 4.69) is 20.9 Å². The van der Waals surface area contributed by atoms with Gasteiger partial charge in [0.1, 0.15) is 5.75 Å². The number of aromatic hydroxyl groups is 1. The highest BCUT2D eigenvalue weighted by molar-refractivity contribution is 7.99. The molecule has 3 fully saturated rings. The molecule has 3 aromatic carbocycles. The van der Waals surface area contributed by atoms with Crippen LogP contribution in [0.1, 0.15) is 87.2 Å². The van der Waals surface area contributed by atoms with E-state index in [0.29, 0.717) is 35.3 Å². The Morgan fingerprint density at radius 1 is 1.02 bits per heavy atom. The van der Waals surface area contributed by atoms with Gasteiger partial charge < -0.3 is 31.5 Å². The third kappa shape index (κ3) is 11.8. The van der Waals surface area contributed by atoms with Crippen LogP contribution in [0, 0.1) is 24.7 Å². The number of nitrogens with zero attached hydrogens (tertiary/aromatic N) is 1. The average molecular weight is 885 g/mol. The smallest absolute Gasteiger partial charge is 0.419 e.